The van der Waals surface area contributed by atoms with Crippen LogP contribution in [-0.4, -0.2) is 90.9 Å². The molecule has 0 aliphatic carbocycles. The Morgan fingerprint density at radius 2 is 1.77 bits per heavy atom. The lowest BCUT2D eigenvalue weighted by atomic mass is 9.93. The predicted molar refractivity (Wildman–Crippen MR) is 162 cm³/mol. The number of halogens is 2. The molecule has 3 aliphatic heterocycles. The van der Waals surface area contributed by atoms with E-state index in [2.05, 4.69) is 10.2 Å². The molecule has 228 valence electrons. The van der Waals surface area contributed by atoms with Crippen LogP contribution in [0, 0.1) is 0 Å². The molecule has 1 N–H and O–H groups in total. The van der Waals surface area contributed by atoms with Gasteiger partial charge in [0.2, 0.25) is 0 Å². The van der Waals surface area contributed by atoms with Gasteiger partial charge in [0.15, 0.2) is 11.5 Å². The highest BCUT2D eigenvalue weighted by molar-refractivity contribution is 6.42. The molecule has 3 aliphatic rings. The second-order valence-corrected chi connectivity index (χ2v) is 11.8. The standard InChI is InChI=1S/C31H34Cl2N4O6/c1-35(30(40)23-4-2-5-26-29(23)43-28(39)9-8-27(38)42-26)19-21(20-6-7-24(32)25(33)18-20)10-15-36-16-11-22(12-17-36)37-14-3-13-34-31(37)41/h2,4-9,18,21-22H,3,10-17,19H2,1H3,(H,34,41)/b9-8-/t21-/m1/s1. The molecule has 0 spiro atoms. The molecule has 10 nitrogen and oxygen atoms in total. The van der Waals surface area contributed by atoms with Crippen molar-refractivity contribution in [2.75, 3.05) is 46.3 Å². The monoisotopic (exact) mass is 628 g/mol. The number of fused-ring (bicyclic) bond motifs is 1. The van der Waals surface area contributed by atoms with E-state index in [0.717, 1.165) is 76.1 Å². The summed E-state index contributed by atoms with van der Waals surface area (Å²) >= 11 is 12.6. The summed E-state index contributed by atoms with van der Waals surface area (Å²) in [5, 5.41) is 3.83. The van der Waals surface area contributed by atoms with Crippen LogP contribution in [0.3, 0.4) is 0 Å². The van der Waals surface area contributed by atoms with E-state index in [1.165, 1.54) is 12.1 Å². The van der Waals surface area contributed by atoms with Gasteiger partial charge in [0.25, 0.3) is 5.91 Å². The number of benzene rings is 2. The Labute approximate surface area is 260 Å². The predicted octanol–water partition coefficient (Wildman–Crippen LogP) is 4.50. The van der Waals surface area contributed by atoms with Crippen LogP contribution < -0.4 is 14.8 Å². The molecule has 2 saturated heterocycles. The number of nitrogens with one attached hydrogen (secondary N) is 1. The molecule has 0 unspecified atom stereocenters. The lowest BCUT2D eigenvalue weighted by molar-refractivity contribution is -0.133. The maximum atomic E-state index is 13.7. The van der Waals surface area contributed by atoms with Crippen molar-refractivity contribution in [2.24, 2.45) is 0 Å². The molecule has 0 radical (unpaired) electrons. The van der Waals surface area contributed by atoms with E-state index >= 15 is 0 Å². The zero-order valence-corrected chi connectivity index (χ0v) is 25.4. The topological polar surface area (TPSA) is 108 Å². The summed E-state index contributed by atoms with van der Waals surface area (Å²) < 4.78 is 10.6. The summed E-state index contributed by atoms with van der Waals surface area (Å²) in [4.78, 5) is 56.1. The van der Waals surface area contributed by atoms with Gasteiger partial charge in [-0.1, -0.05) is 35.3 Å². The average Bonchev–Trinajstić information content (AvgIpc) is 3.00. The first kappa shape index (κ1) is 30.8. The normalized spacial score (nSPS) is 19.3. The molecule has 0 saturated carbocycles. The highest BCUT2D eigenvalue weighted by Gasteiger charge is 2.30. The van der Waals surface area contributed by atoms with Crippen LogP contribution in [-0.2, 0) is 9.59 Å². The maximum absolute atomic E-state index is 13.7. The number of para-hydroxylation sites is 1. The molecule has 2 aromatic rings. The number of ether oxygens (including phenoxy) is 2. The van der Waals surface area contributed by atoms with Crippen LogP contribution in [0.4, 0.5) is 4.79 Å². The van der Waals surface area contributed by atoms with Gasteiger partial charge in [-0.05, 0) is 62.1 Å². The molecule has 12 heteroatoms. The summed E-state index contributed by atoms with van der Waals surface area (Å²) in [5.41, 5.74) is 1.05. The van der Waals surface area contributed by atoms with Gasteiger partial charge in [-0.15, -0.1) is 0 Å². The van der Waals surface area contributed by atoms with Crippen LogP contribution in [0.2, 0.25) is 10.0 Å². The van der Waals surface area contributed by atoms with Crippen molar-refractivity contribution >= 4 is 47.1 Å². The third-order valence-corrected chi connectivity index (χ3v) is 8.88. The second kappa shape index (κ2) is 13.8. The quantitative estimate of drug-likeness (QED) is 0.339. The van der Waals surface area contributed by atoms with Crippen LogP contribution in [0.1, 0.15) is 47.5 Å². The van der Waals surface area contributed by atoms with Gasteiger partial charge in [0.1, 0.15) is 0 Å². The fraction of sp³-hybridized carbons (Fsp3) is 0.419. The number of carbonyl (C=O) groups is 4. The van der Waals surface area contributed by atoms with Crippen molar-refractivity contribution in [3.8, 4) is 11.5 Å². The van der Waals surface area contributed by atoms with Crippen molar-refractivity contribution < 1.29 is 28.7 Å². The zero-order chi connectivity index (χ0) is 30.5. The summed E-state index contributed by atoms with van der Waals surface area (Å²) in [6.07, 6.45) is 5.48. The Bertz CT molecular complexity index is 1420. The molecule has 5 rings (SSSR count). The minimum Gasteiger partial charge on any atom is -0.419 e. The second-order valence-electron chi connectivity index (χ2n) is 11.0. The number of piperidine rings is 1. The number of hydrogen-bond donors (Lipinski definition) is 1. The summed E-state index contributed by atoms with van der Waals surface area (Å²) in [6, 6.07) is 10.4. The Morgan fingerprint density at radius 1 is 1.02 bits per heavy atom. The molecular weight excluding hydrogens is 595 g/mol. The fourth-order valence-corrected chi connectivity index (χ4v) is 6.13. The van der Waals surface area contributed by atoms with Gasteiger partial charge in [-0.2, -0.15) is 0 Å². The van der Waals surface area contributed by atoms with E-state index in [4.69, 9.17) is 32.7 Å². The lowest BCUT2D eigenvalue weighted by Gasteiger charge is -2.40. The molecule has 3 amide bonds. The van der Waals surface area contributed by atoms with Crippen LogP contribution in [0.25, 0.3) is 0 Å². The highest BCUT2D eigenvalue weighted by atomic mass is 35.5. The fourth-order valence-electron chi connectivity index (χ4n) is 5.82. The minimum absolute atomic E-state index is 0.00609. The first-order chi connectivity index (χ1) is 20.7. The Hall–Kier alpha value is -3.60. The largest absolute Gasteiger partial charge is 0.419 e. The minimum atomic E-state index is -0.779. The Kier molecular flexibility index (Phi) is 9.90. The molecule has 0 aromatic heterocycles. The molecule has 0 bridgehead atoms. The smallest absolute Gasteiger partial charge is 0.336 e. The Balaban J connectivity index is 1.28. The summed E-state index contributed by atoms with van der Waals surface area (Å²) in [5.74, 6) is -2.09. The number of esters is 2. The molecule has 2 fully saturated rings. The third kappa shape index (κ3) is 7.49. The van der Waals surface area contributed by atoms with E-state index in [-0.39, 0.29) is 35.1 Å². The third-order valence-electron chi connectivity index (χ3n) is 8.14. The van der Waals surface area contributed by atoms with E-state index in [1.54, 1.807) is 24.1 Å². The van der Waals surface area contributed by atoms with Gasteiger partial charge >= 0.3 is 18.0 Å². The maximum Gasteiger partial charge on any atom is 0.336 e. The number of rotatable bonds is 8. The number of likely N-dealkylation sites (N-methyl/N-ethyl adjacent to an activating group) is 1. The van der Waals surface area contributed by atoms with Gasteiger partial charge in [-0.25, -0.2) is 14.4 Å². The molecule has 2 aromatic carbocycles. The van der Waals surface area contributed by atoms with Gasteiger partial charge in [0, 0.05) is 63.9 Å². The van der Waals surface area contributed by atoms with E-state index < -0.39 is 17.8 Å². The molecule has 43 heavy (non-hydrogen) atoms. The van der Waals surface area contributed by atoms with Gasteiger partial charge < -0.3 is 29.5 Å². The van der Waals surface area contributed by atoms with Crippen molar-refractivity contribution in [1.82, 2.24) is 20.0 Å². The van der Waals surface area contributed by atoms with Gasteiger partial charge in [0.05, 0.1) is 15.6 Å². The molecule has 1 atom stereocenters. The molecular formula is C31H34Cl2N4O6. The van der Waals surface area contributed by atoms with E-state index in [0.29, 0.717) is 16.6 Å². The number of amides is 3. The Morgan fingerprint density at radius 3 is 2.49 bits per heavy atom. The van der Waals surface area contributed by atoms with Crippen molar-refractivity contribution in [1.29, 1.82) is 0 Å². The van der Waals surface area contributed by atoms with Crippen LogP contribution >= 0.6 is 23.2 Å². The van der Waals surface area contributed by atoms with Crippen LogP contribution in [0.15, 0.2) is 48.6 Å². The summed E-state index contributed by atoms with van der Waals surface area (Å²) in [6.45, 7) is 4.45. The lowest BCUT2D eigenvalue weighted by Crippen LogP contribution is -2.54. The number of urea groups is 1. The number of carbonyl (C=O) groups excluding carboxylic acids is 4. The number of nitrogens with zero attached hydrogens (tertiary/aromatic N) is 3. The van der Waals surface area contributed by atoms with E-state index in [1.807, 2.05) is 17.0 Å². The van der Waals surface area contributed by atoms with Crippen molar-refractivity contribution in [3.63, 3.8) is 0 Å². The number of likely N-dealkylation sites (tertiary alicyclic amines) is 1. The average molecular weight is 630 g/mol. The van der Waals surface area contributed by atoms with Crippen molar-refractivity contribution in [3.05, 3.63) is 69.7 Å². The van der Waals surface area contributed by atoms with Gasteiger partial charge in [-0.3, -0.25) is 4.79 Å². The summed E-state index contributed by atoms with van der Waals surface area (Å²) in [7, 11) is 1.68. The van der Waals surface area contributed by atoms with Crippen LogP contribution in [0.5, 0.6) is 11.5 Å². The van der Waals surface area contributed by atoms with Crippen molar-refractivity contribution in [2.45, 2.75) is 37.6 Å². The number of hydrogen-bond acceptors (Lipinski definition) is 7. The first-order valence-corrected chi connectivity index (χ1v) is 15.2. The first-order valence-electron chi connectivity index (χ1n) is 14.4. The molecule has 3 heterocycles. The highest BCUT2D eigenvalue weighted by Crippen LogP contribution is 2.35. The van der Waals surface area contributed by atoms with E-state index in [9.17, 15) is 19.2 Å². The SMILES string of the molecule is CN(C[C@@H](CCN1CCC(N2CCCNC2=O)CC1)c1ccc(Cl)c(Cl)c1)C(=O)c1cccc2c1OC(=O)/C=C\C(=O)O2. The zero-order valence-electron chi connectivity index (χ0n) is 23.9.